The van der Waals surface area contributed by atoms with Gasteiger partial charge in [0.2, 0.25) is 0 Å². The molecule has 0 spiro atoms. The predicted molar refractivity (Wildman–Crippen MR) is 297 cm³/mol. The maximum absolute atomic E-state index is 2.79. The average molecular weight is 908 g/mol. The van der Waals surface area contributed by atoms with Gasteiger partial charge < -0.3 is 14.7 Å². The molecule has 342 valence electrons. The van der Waals surface area contributed by atoms with Crippen molar-refractivity contribution in [3.63, 3.8) is 0 Å². The van der Waals surface area contributed by atoms with Crippen molar-refractivity contribution in [2.24, 2.45) is 0 Å². The molecule has 0 amide bonds. The Bertz CT molecular complexity index is 3380. The molecule has 4 aliphatic rings. The van der Waals surface area contributed by atoms with Gasteiger partial charge in [0.15, 0.2) is 0 Å². The zero-order valence-electron chi connectivity index (χ0n) is 42.4. The average Bonchev–Trinajstić information content (AvgIpc) is 3.76. The van der Waals surface area contributed by atoms with Gasteiger partial charge in [-0.2, -0.15) is 0 Å². The first-order chi connectivity index (χ1) is 32.2. The summed E-state index contributed by atoms with van der Waals surface area (Å²) in [4.78, 5) is 8.00. The summed E-state index contributed by atoms with van der Waals surface area (Å²) in [6.45, 7) is 28.6. The minimum Gasteiger partial charge on any atom is -0.334 e. The summed E-state index contributed by atoms with van der Waals surface area (Å²) in [7, 11) is 0. The molecule has 1 aliphatic carbocycles. The van der Waals surface area contributed by atoms with E-state index in [4.69, 9.17) is 0 Å². The summed E-state index contributed by atoms with van der Waals surface area (Å²) in [5.41, 5.74) is 21.2. The van der Waals surface area contributed by atoms with Crippen LogP contribution in [0.1, 0.15) is 130 Å². The van der Waals surface area contributed by atoms with E-state index in [-0.39, 0.29) is 33.9 Å². The van der Waals surface area contributed by atoms with E-state index in [0.717, 1.165) is 6.42 Å². The summed E-state index contributed by atoms with van der Waals surface area (Å²) >= 11 is 1.91. The summed E-state index contributed by atoms with van der Waals surface area (Å²) < 4.78 is 2.65. The van der Waals surface area contributed by atoms with Crippen LogP contribution in [0, 0.1) is 6.92 Å². The molecule has 1 fully saturated rings. The third kappa shape index (κ3) is 6.29. The Morgan fingerprint density at radius 3 is 1.78 bits per heavy atom. The van der Waals surface area contributed by atoms with Crippen LogP contribution >= 0.6 is 11.3 Å². The van der Waals surface area contributed by atoms with Crippen LogP contribution in [-0.4, -0.2) is 12.3 Å². The van der Waals surface area contributed by atoms with E-state index >= 15 is 0 Å². The van der Waals surface area contributed by atoms with Crippen LogP contribution in [0.25, 0.3) is 20.2 Å². The standard InChI is InChI=1S/C63H66BN3S/c1-39-33-54-58-55(34-39)66(44-25-27-47-46-17-13-14-18-56(46)68-57(47)38-44)53-37-45(67-51-29-21-41(60(5,6)7)35-48(51)62(11)31-15-16-32-63(62,67)12)26-28-49(53)64(58)50-36-42(61(8,9)10)22-30-52(50)65(54)43-23-19-40(20-24-43)59(2,3)4/h13-14,17-30,33-38H,15-16,31-32H2,1-12H3. The highest BCUT2D eigenvalue weighted by atomic mass is 32.1. The maximum Gasteiger partial charge on any atom is 0.252 e. The van der Waals surface area contributed by atoms with Gasteiger partial charge in [-0.25, -0.2) is 0 Å². The number of hydrogen-bond donors (Lipinski definition) is 0. The molecule has 68 heavy (non-hydrogen) atoms. The zero-order valence-corrected chi connectivity index (χ0v) is 43.2. The van der Waals surface area contributed by atoms with Gasteiger partial charge in [0.1, 0.15) is 0 Å². The molecular weight excluding hydrogens is 842 g/mol. The molecular formula is C63H66BN3S. The lowest BCUT2D eigenvalue weighted by Gasteiger charge is -2.50. The summed E-state index contributed by atoms with van der Waals surface area (Å²) in [5, 5.41) is 2.66. The van der Waals surface area contributed by atoms with Crippen molar-refractivity contribution in [2.45, 2.75) is 136 Å². The SMILES string of the molecule is Cc1cc2c3c(c1)N(c1ccc4c(c1)sc1ccccc14)c1cc(N4c5ccc(C(C)(C)C)cc5C5(C)CCCCC45C)ccc1B3c1cc(C(C)(C)C)ccc1N2c1ccc(C(C)(C)C)cc1. The molecule has 12 rings (SSSR count). The second-order valence-corrected chi connectivity index (χ2v) is 25.4. The Balaban J connectivity index is 1.14. The summed E-state index contributed by atoms with van der Waals surface area (Å²) in [6, 6.07) is 52.9. The van der Waals surface area contributed by atoms with Crippen molar-refractivity contribution in [1.82, 2.24) is 0 Å². The van der Waals surface area contributed by atoms with Crippen LogP contribution in [0.3, 0.4) is 0 Å². The third-order valence-corrected chi connectivity index (χ3v) is 18.0. The fourth-order valence-electron chi connectivity index (χ4n) is 12.9. The van der Waals surface area contributed by atoms with Crippen molar-refractivity contribution >= 4 is 100 Å². The lowest BCUT2D eigenvalue weighted by Crippen LogP contribution is -2.61. The smallest absolute Gasteiger partial charge is 0.252 e. The molecule has 5 heteroatoms. The first kappa shape index (κ1) is 43.5. The van der Waals surface area contributed by atoms with E-state index in [9.17, 15) is 0 Å². The van der Waals surface area contributed by atoms with Gasteiger partial charge in [0.25, 0.3) is 6.71 Å². The third-order valence-electron chi connectivity index (χ3n) is 16.9. The van der Waals surface area contributed by atoms with Crippen LogP contribution in [-0.2, 0) is 21.7 Å². The monoisotopic (exact) mass is 908 g/mol. The van der Waals surface area contributed by atoms with Gasteiger partial charge in [0, 0.05) is 71.1 Å². The molecule has 2 atom stereocenters. The molecule has 0 saturated heterocycles. The van der Waals surface area contributed by atoms with E-state index in [2.05, 4.69) is 231 Å². The van der Waals surface area contributed by atoms with E-state index in [1.54, 1.807) is 0 Å². The molecule has 3 aliphatic heterocycles. The molecule has 1 aromatic heterocycles. The van der Waals surface area contributed by atoms with E-state index in [1.807, 2.05) is 11.3 Å². The van der Waals surface area contributed by atoms with Crippen LogP contribution in [0.5, 0.6) is 0 Å². The maximum atomic E-state index is 2.79. The topological polar surface area (TPSA) is 9.72 Å². The first-order valence-electron chi connectivity index (χ1n) is 25.2. The number of hydrogen-bond acceptors (Lipinski definition) is 4. The fourth-order valence-corrected chi connectivity index (χ4v) is 14.0. The highest BCUT2D eigenvalue weighted by Gasteiger charge is 2.58. The Kier molecular flexibility index (Phi) is 9.36. The van der Waals surface area contributed by atoms with Crippen LogP contribution in [0.2, 0.25) is 0 Å². The van der Waals surface area contributed by atoms with Gasteiger partial charge in [-0.15, -0.1) is 11.3 Å². The number of anilines is 8. The number of fused-ring (bicyclic) bond motifs is 10. The van der Waals surface area contributed by atoms with E-state index < -0.39 is 0 Å². The minimum atomic E-state index is -0.0719. The van der Waals surface area contributed by atoms with Crippen LogP contribution < -0.4 is 31.1 Å². The van der Waals surface area contributed by atoms with Crippen LogP contribution in [0.4, 0.5) is 45.5 Å². The predicted octanol–water partition coefficient (Wildman–Crippen LogP) is 16.1. The highest BCUT2D eigenvalue weighted by Crippen LogP contribution is 2.62. The number of aryl methyl sites for hydroxylation is 1. The lowest BCUT2D eigenvalue weighted by molar-refractivity contribution is 0.195. The molecule has 0 N–H and O–H groups in total. The van der Waals surface area contributed by atoms with Gasteiger partial charge in [-0.1, -0.05) is 149 Å². The van der Waals surface area contributed by atoms with Crippen molar-refractivity contribution in [3.8, 4) is 0 Å². The molecule has 2 unspecified atom stereocenters. The lowest BCUT2D eigenvalue weighted by atomic mass is 9.33. The second kappa shape index (κ2) is 14.6. The summed E-state index contributed by atoms with van der Waals surface area (Å²) in [5.74, 6) is 0. The van der Waals surface area contributed by atoms with Gasteiger partial charge in [0.05, 0.1) is 5.54 Å². The van der Waals surface area contributed by atoms with Crippen molar-refractivity contribution < 1.29 is 0 Å². The molecule has 7 aromatic carbocycles. The second-order valence-electron chi connectivity index (χ2n) is 24.3. The number of rotatable bonds is 3. The van der Waals surface area contributed by atoms with Crippen molar-refractivity contribution in [3.05, 3.63) is 161 Å². The first-order valence-corrected chi connectivity index (χ1v) is 26.1. The Hall–Kier alpha value is -5.78. The number of thiophene rings is 1. The van der Waals surface area contributed by atoms with E-state index in [0.29, 0.717) is 0 Å². The van der Waals surface area contributed by atoms with Crippen molar-refractivity contribution in [1.29, 1.82) is 0 Å². The van der Waals surface area contributed by atoms with E-state index in [1.165, 1.54) is 129 Å². The number of benzene rings is 7. The molecule has 3 nitrogen and oxygen atoms in total. The van der Waals surface area contributed by atoms with Crippen molar-refractivity contribution in [2.75, 3.05) is 14.7 Å². The Morgan fingerprint density at radius 2 is 1.07 bits per heavy atom. The van der Waals surface area contributed by atoms with Gasteiger partial charge in [-0.3, -0.25) is 0 Å². The highest BCUT2D eigenvalue weighted by molar-refractivity contribution is 7.25. The molecule has 0 bridgehead atoms. The Morgan fingerprint density at radius 1 is 0.485 bits per heavy atom. The summed E-state index contributed by atoms with van der Waals surface area (Å²) in [6.07, 6.45) is 4.88. The minimum absolute atomic E-state index is 0.0181. The molecule has 4 heterocycles. The van der Waals surface area contributed by atoms with Gasteiger partial charge >= 0.3 is 0 Å². The van der Waals surface area contributed by atoms with Crippen LogP contribution in [0.15, 0.2) is 133 Å². The van der Waals surface area contributed by atoms with Gasteiger partial charge in [-0.05, 0) is 154 Å². The molecule has 8 aromatic rings. The zero-order chi connectivity index (χ0) is 47.4. The molecule has 0 radical (unpaired) electrons. The normalized spacial score (nSPS) is 19.8. The fraction of sp³-hybridized carbons (Fsp3) is 0.333. The largest absolute Gasteiger partial charge is 0.334 e. The number of nitrogens with zero attached hydrogens (tertiary/aromatic N) is 3. The molecule has 1 saturated carbocycles. The Labute approximate surface area is 409 Å². The quantitative estimate of drug-likeness (QED) is 0.164.